The SMILES string of the molecule is c1ccc2c(c1)-c1c(-c3c4ccccc4c(-c4ccc5c(c4)sc4ccccc45)c4ccccc34)cccc1C21C2CC3CC(C2)CC1C3. The van der Waals surface area contributed by atoms with E-state index in [1.54, 1.807) is 11.1 Å². The molecule has 1 heterocycles. The van der Waals surface area contributed by atoms with E-state index in [9.17, 15) is 0 Å². The molecule has 0 aliphatic heterocycles. The zero-order valence-electron chi connectivity index (χ0n) is 27.5. The summed E-state index contributed by atoms with van der Waals surface area (Å²) in [6, 6.07) is 51.4. The van der Waals surface area contributed by atoms with Crippen molar-refractivity contribution in [3.05, 3.63) is 145 Å². The molecule has 0 unspecified atom stereocenters. The highest BCUT2D eigenvalue weighted by Gasteiger charge is 2.61. The van der Waals surface area contributed by atoms with Crippen LogP contribution >= 0.6 is 11.3 Å². The minimum Gasteiger partial charge on any atom is -0.135 e. The summed E-state index contributed by atoms with van der Waals surface area (Å²) in [4.78, 5) is 0. The Bertz CT molecular complexity index is 2600. The molecule has 13 rings (SSSR count). The fourth-order valence-electron chi connectivity index (χ4n) is 12.0. The fourth-order valence-corrected chi connectivity index (χ4v) is 13.2. The molecule has 7 aromatic carbocycles. The first-order valence-corrected chi connectivity index (χ1v) is 19.2. The van der Waals surface area contributed by atoms with Crippen LogP contribution in [0.4, 0.5) is 0 Å². The van der Waals surface area contributed by atoms with Crippen LogP contribution in [0.3, 0.4) is 0 Å². The molecule has 49 heavy (non-hydrogen) atoms. The number of benzene rings is 7. The van der Waals surface area contributed by atoms with E-state index in [2.05, 4.69) is 133 Å². The van der Waals surface area contributed by atoms with Gasteiger partial charge in [0, 0.05) is 25.6 Å². The molecule has 1 heteroatoms. The molecule has 234 valence electrons. The minimum atomic E-state index is 0.167. The lowest BCUT2D eigenvalue weighted by molar-refractivity contribution is -0.0399. The Labute approximate surface area is 291 Å². The van der Waals surface area contributed by atoms with Crippen molar-refractivity contribution in [1.82, 2.24) is 0 Å². The maximum absolute atomic E-state index is 2.54. The molecule has 4 saturated carbocycles. The van der Waals surface area contributed by atoms with Crippen LogP contribution in [0.5, 0.6) is 0 Å². The standard InChI is InChI=1S/C48H36S/c1-3-13-37-35(11-1)45(30-20-21-34-33-10-6-8-19-43(33)49-44(34)27-30)36-12-2-4-14-38(36)46(37)40-16-9-18-42-47(40)39-15-5-7-17-41(39)48(42)31-23-28-22-29(25-31)26-32(48)24-28/h1-21,27-29,31-32H,22-26H2. The van der Waals surface area contributed by atoms with Gasteiger partial charge in [-0.15, -0.1) is 11.3 Å². The Hall–Kier alpha value is -4.72. The average Bonchev–Trinajstić information content (AvgIpc) is 3.66. The Morgan fingerprint density at radius 2 is 0.959 bits per heavy atom. The second kappa shape index (κ2) is 9.71. The summed E-state index contributed by atoms with van der Waals surface area (Å²) in [6.07, 6.45) is 7.13. The summed E-state index contributed by atoms with van der Waals surface area (Å²) in [5.41, 5.74) is 11.9. The van der Waals surface area contributed by atoms with Crippen molar-refractivity contribution in [3.63, 3.8) is 0 Å². The van der Waals surface area contributed by atoms with E-state index in [-0.39, 0.29) is 5.41 Å². The summed E-state index contributed by atoms with van der Waals surface area (Å²) in [5.74, 6) is 3.42. The maximum Gasteiger partial charge on any atom is 0.0361 e. The summed E-state index contributed by atoms with van der Waals surface area (Å²) >= 11 is 1.91. The number of thiophene rings is 1. The van der Waals surface area contributed by atoms with E-state index >= 15 is 0 Å². The predicted molar refractivity (Wildman–Crippen MR) is 208 cm³/mol. The first-order valence-electron chi connectivity index (χ1n) is 18.4. The molecule has 5 aliphatic rings. The van der Waals surface area contributed by atoms with E-state index < -0.39 is 0 Å². The van der Waals surface area contributed by atoms with Crippen molar-refractivity contribution in [2.45, 2.75) is 37.5 Å². The highest BCUT2D eigenvalue weighted by Crippen LogP contribution is 2.70. The van der Waals surface area contributed by atoms with Crippen molar-refractivity contribution >= 4 is 53.1 Å². The third-order valence-corrected chi connectivity index (χ3v) is 14.6. The third-order valence-electron chi connectivity index (χ3n) is 13.4. The number of hydrogen-bond acceptors (Lipinski definition) is 1. The highest BCUT2D eigenvalue weighted by atomic mass is 32.1. The quantitative estimate of drug-likeness (QED) is 0.164. The lowest BCUT2D eigenvalue weighted by Gasteiger charge is -2.61. The average molecular weight is 645 g/mol. The molecule has 4 fully saturated rings. The van der Waals surface area contributed by atoms with Gasteiger partial charge in [-0.3, -0.25) is 0 Å². The summed E-state index contributed by atoms with van der Waals surface area (Å²) in [7, 11) is 0. The second-order valence-corrected chi connectivity index (χ2v) is 16.7. The normalized spacial score (nSPS) is 24.8. The lowest BCUT2D eigenvalue weighted by Crippen LogP contribution is -2.55. The van der Waals surface area contributed by atoms with Crippen LogP contribution in [-0.4, -0.2) is 0 Å². The maximum atomic E-state index is 2.54. The van der Waals surface area contributed by atoms with Crippen molar-refractivity contribution in [2.24, 2.45) is 23.7 Å². The van der Waals surface area contributed by atoms with Gasteiger partial charge in [-0.25, -0.2) is 0 Å². The third kappa shape index (κ3) is 3.45. The van der Waals surface area contributed by atoms with Crippen LogP contribution in [0.15, 0.2) is 133 Å². The molecule has 0 nitrogen and oxygen atoms in total. The van der Waals surface area contributed by atoms with Crippen molar-refractivity contribution in [1.29, 1.82) is 0 Å². The lowest BCUT2D eigenvalue weighted by atomic mass is 9.43. The molecular weight excluding hydrogens is 609 g/mol. The van der Waals surface area contributed by atoms with Gasteiger partial charge in [0.2, 0.25) is 0 Å². The number of hydrogen-bond donors (Lipinski definition) is 0. The molecular formula is C48H36S. The molecule has 1 spiro atoms. The summed E-state index contributed by atoms with van der Waals surface area (Å²) in [5, 5.41) is 8.09. The van der Waals surface area contributed by atoms with Crippen LogP contribution in [0, 0.1) is 23.7 Å². The zero-order chi connectivity index (χ0) is 31.8. The van der Waals surface area contributed by atoms with Crippen molar-refractivity contribution < 1.29 is 0 Å². The monoisotopic (exact) mass is 644 g/mol. The minimum absolute atomic E-state index is 0.167. The molecule has 0 atom stereocenters. The summed E-state index contributed by atoms with van der Waals surface area (Å²) < 4.78 is 2.71. The van der Waals surface area contributed by atoms with Crippen molar-refractivity contribution in [2.75, 3.05) is 0 Å². The highest BCUT2D eigenvalue weighted by molar-refractivity contribution is 7.25. The van der Waals surface area contributed by atoms with E-state index in [0.717, 1.165) is 23.7 Å². The van der Waals surface area contributed by atoms with Gasteiger partial charge in [0.1, 0.15) is 0 Å². The largest absolute Gasteiger partial charge is 0.135 e. The van der Waals surface area contributed by atoms with E-state index in [1.165, 1.54) is 107 Å². The summed E-state index contributed by atoms with van der Waals surface area (Å²) in [6.45, 7) is 0. The van der Waals surface area contributed by atoms with Gasteiger partial charge < -0.3 is 0 Å². The zero-order valence-corrected chi connectivity index (χ0v) is 28.3. The second-order valence-electron chi connectivity index (χ2n) is 15.6. The van der Waals surface area contributed by atoms with E-state index in [0.29, 0.717) is 0 Å². The molecule has 5 aliphatic carbocycles. The van der Waals surface area contributed by atoms with Gasteiger partial charge in [-0.1, -0.05) is 121 Å². The van der Waals surface area contributed by atoms with Gasteiger partial charge in [0.05, 0.1) is 0 Å². The molecule has 0 amide bonds. The van der Waals surface area contributed by atoms with E-state index in [4.69, 9.17) is 0 Å². The Morgan fingerprint density at radius 3 is 1.67 bits per heavy atom. The smallest absolute Gasteiger partial charge is 0.0361 e. The van der Waals surface area contributed by atoms with Crippen LogP contribution in [-0.2, 0) is 5.41 Å². The molecule has 0 N–H and O–H groups in total. The Balaban J connectivity index is 1.15. The molecule has 0 saturated heterocycles. The number of rotatable bonds is 2. The van der Waals surface area contributed by atoms with Gasteiger partial charge in [-0.05, 0) is 134 Å². The first-order chi connectivity index (χ1) is 24.3. The van der Waals surface area contributed by atoms with Crippen LogP contribution in [0.25, 0.3) is 75.1 Å². The van der Waals surface area contributed by atoms with Crippen molar-refractivity contribution in [3.8, 4) is 33.4 Å². The predicted octanol–water partition coefficient (Wildman–Crippen LogP) is 13.4. The van der Waals surface area contributed by atoms with Crippen LogP contribution < -0.4 is 0 Å². The van der Waals surface area contributed by atoms with Gasteiger partial charge in [-0.2, -0.15) is 0 Å². The van der Waals surface area contributed by atoms with Crippen LogP contribution in [0.2, 0.25) is 0 Å². The van der Waals surface area contributed by atoms with Crippen LogP contribution in [0.1, 0.15) is 43.2 Å². The molecule has 0 radical (unpaired) electrons. The number of fused-ring (bicyclic) bond motifs is 8. The van der Waals surface area contributed by atoms with Gasteiger partial charge in [0.15, 0.2) is 0 Å². The topological polar surface area (TPSA) is 0 Å². The molecule has 4 bridgehead atoms. The van der Waals surface area contributed by atoms with Gasteiger partial charge in [0.25, 0.3) is 0 Å². The molecule has 1 aromatic heterocycles. The first kappa shape index (κ1) is 27.1. The Kier molecular flexibility index (Phi) is 5.38. The fraction of sp³-hybridized carbons (Fsp3) is 0.208. The van der Waals surface area contributed by atoms with Gasteiger partial charge >= 0.3 is 0 Å². The molecule has 8 aromatic rings. The van der Waals surface area contributed by atoms with E-state index in [1.807, 2.05) is 11.3 Å². The Morgan fingerprint density at radius 1 is 0.408 bits per heavy atom.